The summed E-state index contributed by atoms with van der Waals surface area (Å²) in [5.74, 6) is 0.608. The molecule has 0 N–H and O–H groups in total. The fourth-order valence-electron chi connectivity index (χ4n) is 3.18. The third-order valence-corrected chi connectivity index (χ3v) is 4.62. The zero-order chi connectivity index (χ0) is 17.6. The quantitative estimate of drug-likeness (QED) is 0.822. The Hall–Kier alpha value is -2.38. The van der Waals surface area contributed by atoms with Gasteiger partial charge in [-0.25, -0.2) is 14.8 Å². The molecule has 0 aliphatic carbocycles. The highest BCUT2D eigenvalue weighted by atomic mass is 16.6. The second-order valence-electron chi connectivity index (χ2n) is 6.30. The van der Waals surface area contributed by atoms with E-state index in [4.69, 9.17) is 4.74 Å². The van der Waals surface area contributed by atoms with E-state index in [1.54, 1.807) is 29.1 Å². The van der Waals surface area contributed by atoms with Crippen LogP contribution in [0.4, 0.5) is 10.7 Å². The van der Waals surface area contributed by atoms with E-state index in [1.165, 1.54) is 6.42 Å². The van der Waals surface area contributed by atoms with Crippen molar-refractivity contribution in [1.29, 1.82) is 0 Å². The van der Waals surface area contributed by atoms with Gasteiger partial charge in [0.05, 0.1) is 12.2 Å². The highest BCUT2D eigenvalue weighted by molar-refractivity contribution is 5.93. The number of amides is 2. The number of nitrogens with zero attached hydrogens (tertiary/aromatic N) is 5. The number of carbonyl (C=O) groups excluding carboxylic acids is 2. The second kappa shape index (κ2) is 8.13. The number of piperidine rings is 1. The van der Waals surface area contributed by atoms with E-state index in [2.05, 4.69) is 14.9 Å². The summed E-state index contributed by atoms with van der Waals surface area (Å²) in [6.07, 6.45) is 6.48. The van der Waals surface area contributed by atoms with Gasteiger partial charge in [0.15, 0.2) is 0 Å². The maximum Gasteiger partial charge on any atom is 0.409 e. The van der Waals surface area contributed by atoms with E-state index in [0.717, 1.165) is 25.9 Å². The lowest BCUT2D eigenvalue weighted by Crippen LogP contribution is -2.50. The minimum absolute atomic E-state index is 0.0892. The number of carbonyl (C=O) groups is 2. The van der Waals surface area contributed by atoms with Crippen LogP contribution in [0, 0.1) is 0 Å². The van der Waals surface area contributed by atoms with Gasteiger partial charge in [-0.05, 0) is 26.2 Å². The van der Waals surface area contributed by atoms with Crippen LogP contribution in [0.15, 0.2) is 12.4 Å². The fourth-order valence-corrected chi connectivity index (χ4v) is 3.18. The molecule has 8 heteroatoms. The highest BCUT2D eigenvalue weighted by Crippen LogP contribution is 2.16. The molecule has 1 aromatic rings. The summed E-state index contributed by atoms with van der Waals surface area (Å²) in [5.41, 5.74) is 0.491. The Morgan fingerprint density at radius 1 is 0.960 bits per heavy atom. The van der Waals surface area contributed by atoms with Crippen LogP contribution in [-0.2, 0) is 4.74 Å². The van der Waals surface area contributed by atoms with Gasteiger partial charge in [-0.2, -0.15) is 0 Å². The van der Waals surface area contributed by atoms with Gasteiger partial charge in [-0.3, -0.25) is 4.79 Å². The molecule has 3 heterocycles. The number of piperazine rings is 1. The van der Waals surface area contributed by atoms with Gasteiger partial charge in [-0.1, -0.05) is 0 Å². The molecule has 2 fully saturated rings. The molecule has 136 valence electrons. The topological polar surface area (TPSA) is 78.9 Å². The molecule has 0 spiro atoms. The van der Waals surface area contributed by atoms with E-state index >= 15 is 0 Å². The predicted molar refractivity (Wildman–Crippen MR) is 92.6 cm³/mol. The monoisotopic (exact) mass is 347 g/mol. The van der Waals surface area contributed by atoms with Crippen molar-refractivity contribution in [3.63, 3.8) is 0 Å². The van der Waals surface area contributed by atoms with E-state index in [9.17, 15) is 9.59 Å². The van der Waals surface area contributed by atoms with Crippen LogP contribution in [0.25, 0.3) is 0 Å². The summed E-state index contributed by atoms with van der Waals surface area (Å²) in [7, 11) is 0. The maximum atomic E-state index is 12.6. The van der Waals surface area contributed by atoms with Crippen molar-refractivity contribution in [3.05, 3.63) is 18.0 Å². The molecule has 0 radical (unpaired) electrons. The molecular weight excluding hydrogens is 322 g/mol. The number of hydrogen-bond donors (Lipinski definition) is 0. The van der Waals surface area contributed by atoms with Crippen molar-refractivity contribution in [3.8, 4) is 0 Å². The van der Waals surface area contributed by atoms with Crippen LogP contribution in [0.1, 0.15) is 36.5 Å². The van der Waals surface area contributed by atoms with Crippen LogP contribution in [0.3, 0.4) is 0 Å². The average Bonchev–Trinajstić information content (AvgIpc) is 2.68. The van der Waals surface area contributed by atoms with Crippen LogP contribution < -0.4 is 4.90 Å². The van der Waals surface area contributed by atoms with Gasteiger partial charge in [0, 0.05) is 51.7 Å². The molecule has 0 aromatic carbocycles. The van der Waals surface area contributed by atoms with Crippen LogP contribution in [0.2, 0.25) is 0 Å². The molecule has 25 heavy (non-hydrogen) atoms. The Balaban J connectivity index is 1.55. The summed E-state index contributed by atoms with van der Waals surface area (Å²) in [6.45, 7) is 6.04. The molecule has 0 atom stereocenters. The van der Waals surface area contributed by atoms with Gasteiger partial charge in [0.2, 0.25) is 5.95 Å². The highest BCUT2D eigenvalue weighted by Gasteiger charge is 2.26. The predicted octanol–water partition coefficient (Wildman–Crippen LogP) is 1.38. The van der Waals surface area contributed by atoms with Crippen molar-refractivity contribution >= 4 is 17.9 Å². The van der Waals surface area contributed by atoms with Gasteiger partial charge < -0.3 is 19.4 Å². The minimum atomic E-state index is -0.316. The lowest BCUT2D eigenvalue weighted by molar-refractivity contribution is 0.0570. The fraction of sp³-hybridized carbons (Fsp3) is 0.647. The van der Waals surface area contributed by atoms with Gasteiger partial charge in [0.1, 0.15) is 0 Å². The Kier molecular flexibility index (Phi) is 5.67. The number of hydrogen-bond acceptors (Lipinski definition) is 6. The van der Waals surface area contributed by atoms with Crippen molar-refractivity contribution in [1.82, 2.24) is 19.8 Å². The number of aromatic nitrogens is 2. The largest absolute Gasteiger partial charge is 0.450 e. The summed E-state index contributed by atoms with van der Waals surface area (Å²) < 4.78 is 4.99. The van der Waals surface area contributed by atoms with E-state index < -0.39 is 0 Å². The molecule has 0 saturated carbocycles. The minimum Gasteiger partial charge on any atom is -0.450 e. The lowest BCUT2D eigenvalue weighted by atomic mass is 10.1. The molecule has 2 aliphatic rings. The standard InChI is InChI=1S/C17H25N5O3/c1-2-25-17(24)22-10-8-20(9-11-22)15(23)14-12-18-16(19-13-14)21-6-4-3-5-7-21/h12-13H,2-11H2,1H3. The smallest absolute Gasteiger partial charge is 0.409 e. The molecule has 3 rings (SSSR count). The molecule has 8 nitrogen and oxygen atoms in total. The van der Waals surface area contributed by atoms with E-state index in [-0.39, 0.29) is 12.0 Å². The molecule has 2 amide bonds. The summed E-state index contributed by atoms with van der Waals surface area (Å²) in [5, 5.41) is 0. The molecule has 0 bridgehead atoms. The van der Waals surface area contributed by atoms with Crippen molar-refractivity contribution in [2.24, 2.45) is 0 Å². The Bertz CT molecular complexity index is 593. The second-order valence-corrected chi connectivity index (χ2v) is 6.30. The summed E-state index contributed by atoms with van der Waals surface area (Å²) in [6, 6.07) is 0. The zero-order valence-electron chi connectivity index (χ0n) is 14.7. The van der Waals surface area contributed by atoms with Crippen molar-refractivity contribution in [2.75, 3.05) is 50.8 Å². The van der Waals surface area contributed by atoms with Crippen LogP contribution in [-0.4, -0.2) is 77.6 Å². The van der Waals surface area contributed by atoms with Crippen molar-refractivity contribution < 1.29 is 14.3 Å². The van der Waals surface area contributed by atoms with Crippen LogP contribution >= 0.6 is 0 Å². The first kappa shape index (κ1) is 17.4. The molecule has 1 aromatic heterocycles. The Labute approximate surface area is 147 Å². The van der Waals surface area contributed by atoms with E-state index in [1.807, 2.05) is 0 Å². The molecule has 2 aliphatic heterocycles. The summed E-state index contributed by atoms with van der Waals surface area (Å²) in [4.78, 5) is 38.6. The van der Waals surface area contributed by atoms with Gasteiger partial charge in [0.25, 0.3) is 5.91 Å². The third-order valence-electron chi connectivity index (χ3n) is 4.62. The van der Waals surface area contributed by atoms with Crippen molar-refractivity contribution in [2.45, 2.75) is 26.2 Å². The average molecular weight is 347 g/mol. The van der Waals surface area contributed by atoms with E-state index in [0.29, 0.717) is 44.3 Å². The summed E-state index contributed by atoms with van der Waals surface area (Å²) >= 11 is 0. The first-order chi connectivity index (χ1) is 12.2. The Morgan fingerprint density at radius 2 is 1.56 bits per heavy atom. The number of anilines is 1. The first-order valence-electron chi connectivity index (χ1n) is 8.97. The van der Waals surface area contributed by atoms with Gasteiger partial charge >= 0.3 is 6.09 Å². The Morgan fingerprint density at radius 3 is 2.16 bits per heavy atom. The lowest BCUT2D eigenvalue weighted by Gasteiger charge is -2.34. The normalized spacial score (nSPS) is 18.2. The number of ether oxygens (including phenoxy) is 1. The molecule has 2 saturated heterocycles. The number of rotatable bonds is 3. The maximum absolute atomic E-state index is 12.6. The zero-order valence-corrected chi connectivity index (χ0v) is 14.7. The molecule has 0 unspecified atom stereocenters. The van der Waals surface area contributed by atoms with Gasteiger partial charge in [-0.15, -0.1) is 0 Å². The first-order valence-corrected chi connectivity index (χ1v) is 8.97. The SMILES string of the molecule is CCOC(=O)N1CCN(C(=O)c2cnc(N3CCCCC3)nc2)CC1. The van der Waals surface area contributed by atoms with Crippen LogP contribution in [0.5, 0.6) is 0 Å². The molecular formula is C17H25N5O3. The third kappa shape index (κ3) is 4.18.